The molecule has 0 spiro atoms. The van der Waals surface area contributed by atoms with Crippen molar-refractivity contribution in [3.8, 4) is 0 Å². The third-order valence-corrected chi connectivity index (χ3v) is 4.56. The first-order valence-electron chi connectivity index (χ1n) is 9.11. The van der Waals surface area contributed by atoms with Crippen molar-refractivity contribution < 1.29 is 9.59 Å². The van der Waals surface area contributed by atoms with Crippen LogP contribution in [0, 0.1) is 0 Å². The van der Waals surface area contributed by atoms with Gasteiger partial charge in [0.1, 0.15) is 0 Å². The molecule has 3 rings (SSSR count). The van der Waals surface area contributed by atoms with Gasteiger partial charge in [0.05, 0.1) is 6.54 Å². The average molecular weight is 351 g/mol. The Labute approximate surface area is 154 Å². The minimum absolute atomic E-state index is 0.0270. The molecule has 26 heavy (non-hydrogen) atoms. The number of likely N-dealkylation sites (tertiary alicyclic amines) is 1. The average Bonchev–Trinajstić information content (AvgIpc) is 3.19. The van der Waals surface area contributed by atoms with Crippen molar-refractivity contribution in [2.75, 3.05) is 19.6 Å². The highest BCUT2D eigenvalue weighted by molar-refractivity contribution is 5.96. The lowest BCUT2D eigenvalue weighted by atomic mass is 10.1. The first-order valence-corrected chi connectivity index (χ1v) is 9.11. The highest BCUT2D eigenvalue weighted by Crippen LogP contribution is 2.13. The minimum Gasteiger partial charge on any atom is -0.350 e. The van der Waals surface area contributed by atoms with E-state index in [2.05, 4.69) is 27.7 Å². The summed E-state index contributed by atoms with van der Waals surface area (Å²) in [4.78, 5) is 26.3. The van der Waals surface area contributed by atoms with Crippen molar-refractivity contribution in [1.82, 2.24) is 15.5 Å². The molecule has 0 aromatic heterocycles. The van der Waals surface area contributed by atoms with Crippen LogP contribution in [0.4, 0.5) is 0 Å². The lowest BCUT2D eigenvalue weighted by Crippen LogP contribution is -2.36. The van der Waals surface area contributed by atoms with Crippen LogP contribution < -0.4 is 10.6 Å². The second kappa shape index (κ2) is 9.15. The quantitative estimate of drug-likeness (QED) is 0.805. The van der Waals surface area contributed by atoms with Crippen LogP contribution in [0.2, 0.25) is 0 Å². The maximum Gasteiger partial charge on any atom is 0.251 e. The van der Waals surface area contributed by atoms with Gasteiger partial charge in [-0.3, -0.25) is 14.5 Å². The van der Waals surface area contributed by atoms with Gasteiger partial charge in [0.2, 0.25) is 5.91 Å². The zero-order valence-corrected chi connectivity index (χ0v) is 14.9. The topological polar surface area (TPSA) is 61.4 Å². The zero-order chi connectivity index (χ0) is 18.2. The Bertz CT molecular complexity index is 723. The van der Waals surface area contributed by atoms with Crippen molar-refractivity contribution in [2.24, 2.45) is 0 Å². The van der Waals surface area contributed by atoms with E-state index in [0.717, 1.165) is 12.1 Å². The van der Waals surface area contributed by atoms with E-state index < -0.39 is 0 Å². The van der Waals surface area contributed by atoms with E-state index in [1.165, 1.54) is 31.5 Å². The van der Waals surface area contributed by atoms with Gasteiger partial charge in [-0.1, -0.05) is 42.5 Å². The predicted octanol–water partition coefficient (Wildman–Crippen LogP) is 2.33. The molecule has 136 valence electrons. The lowest BCUT2D eigenvalue weighted by molar-refractivity contribution is -0.120. The summed E-state index contributed by atoms with van der Waals surface area (Å²) in [6.07, 6.45) is 2.59. The second-order valence-electron chi connectivity index (χ2n) is 6.63. The first kappa shape index (κ1) is 18.1. The third kappa shape index (κ3) is 5.43. The molecule has 0 aliphatic carbocycles. The third-order valence-electron chi connectivity index (χ3n) is 4.56. The van der Waals surface area contributed by atoms with Crippen molar-refractivity contribution in [1.29, 1.82) is 0 Å². The molecule has 2 aromatic rings. The van der Waals surface area contributed by atoms with Crippen LogP contribution in [0.1, 0.15) is 34.3 Å². The van der Waals surface area contributed by atoms with E-state index in [1.807, 2.05) is 18.2 Å². The van der Waals surface area contributed by atoms with Gasteiger partial charge in [-0.2, -0.15) is 0 Å². The minimum atomic E-state index is -0.244. The van der Waals surface area contributed by atoms with E-state index in [9.17, 15) is 9.59 Å². The lowest BCUT2D eigenvalue weighted by Gasteiger charge is -2.14. The Morgan fingerprint density at radius 1 is 0.846 bits per heavy atom. The standard InChI is InChI=1S/C21H25N3O2/c25-20(15-23-21(26)19-6-2-1-3-7-19)22-14-17-8-10-18(11-9-17)16-24-12-4-5-13-24/h1-3,6-11H,4-5,12-16H2,(H,22,25)(H,23,26). The van der Waals surface area contributed by atoms with Crippen LogP contribution in [-0.2, 0) is 17.9 Å². The number of hydrogen-bond acceptors (Lipinski definition) is 3. The van der Waals surface area contributed by atoms with Crippen molar-refractivity contribution in [2.45, 2.75) is 25.9 Å². The van der Waals surface area contributed by atoms with Gasteiger partial charge in [0.25, 0.3) is 5.91 Å². The van der Waals surface area contributed by atoms with E-state index in [0.29, 0.717) is 12.1 Å². The molecular formula is C21H25N3O2. The summed E-state index contributed by atoms with van der Waals surface area (Å²) in [5, 5.41) is 5.46. The molecule has 1 saturated heterocycles. The molecule has 1 fully saturated rings. The highest BCUT2D eigenvalue weighted by Gasteiger charge is 2.11. The fourth-order valence-corrected chi connectivity index (χ4v) is 3.08. The molecule has 0 unspecified atom stereocenters. The number of carbonyl (C=O) groups excluding carboxylic acids is 2. The second-order valence-corrected chi connectivity index (χ2v) is 6.63. The highest BCUT2D eigenvalue weighted by atomic mass is 16.2. The van der Waals surface area contributed by atoms with E-state index >= 15 is 0 Å². The fraction of sp³-hybridized carbons (Fsp3) is 0.333. The molecule has 5 nitrogen and oxygen atoms in total. The summed E-state index contributed by atoms with van der Waals surface area (Å²) in [5.41, 5.74) is 2.91. The maximum atomic E-state index is 11.9. The molecule has 1 aliphatic heterocycles. The van der Waals surface area contributed by atoms with Crippen LogP contribution in [-0.4, -0.2) is 36.3 Å². The number of amides is 2. The Morgan fingerprint density at radius 2 is 1.50 bits per heavy atom. The van der Waals surface area contributed by atoms with Crippen molar-refractivity contribution in [3.05, 3.63) is 71.3 Å². The summed E-state index contributed by atoms with van der Waals surface area (Å²) < 4.78 is 0. The number of nitrogens with one attached hydrogen (secondary N) is 2. The zero-order valence-electron chi connectivity index (χ0n) is 14.9. The van der Waals surface area contributed by atoms with Crippen molar-refractivity contribution in [3.63, 3.8) is 0 Å². The van der Waals surface area contributed by atoms with E-state index in [1.54, 1.807) is 24.3 Å². The van der Waals surface area contributed by atoms with Crippen LogP contribution in [0.25, 0.3) is 0 Å². The molecule has 1 heterocycles. The van der Waals surface area contributed by atoms with Gasteiger partial charge in [-0.15, -0.1) is 0 Å². The molecule has 2 aromatic carbocycles. The van der Waals surface area contributed by atoms with Gasteiger partial charge in [-0.25, -0.2) is 0 Å². The number of nitrogens with zero attached hydrogens (tertiary/aromatic N) is 1. The smallest absolute Gasteiger partial charge is 0.251 e. The molecule has 2 amide bonds. The molecule has 2 N–H and O–H groups in total. The predicted molar refractivity (Wildman–Crippen MR) is 102 cm³/mol. The molecular weight excluding hydrogens is 326 g/mol. The first-order chi connectivity index (χ1) is 12.7. The SMILES string of the molecule is O=C(CNC(=O)c1ccccc1)NCc1ccc(CN2CCCC2)cc1. The van der Waals surface area contributed by atoms with Crippen LogP contribution in [0.3, 0.4) is 0 Å². The Balaban J connectivity index is 1.39. The summed E-state index contributed by atoms with van der Waals surface area (Å²) in [6, 6.07) is 17.2. The van der Waals surface area contributed by atoms with Crippen molar-refractivity contribution >= 4 is 11.8 Å². The van der Waals surface area contributed by atoms with Gasteiger partial charge in [0.15, 0.2) is 0 Å². The van der Waals surface area contributed by atoms with E-state index in [4.69, 9.17) is 0 Å². The van der Waals surface area contributed by atoms with Crippen LogP contribution in [0.5, 0.6) is 0 Å². The Kier molecular flexibility index (Phi) is 6.39. The number of benzene rings is 2. The van der Waals surface area contributed by atoms with E-state index in [-0.39, 0.29) is 18.4 Å². The molecule has 0 radical (unpaired) electrons. The largest absolute Gasteiger partial charge is 0.350 e. The fourth-order valence-electron chi connectivity index (χ4n) is 3.08. The number of hydrogen-bond donors (Lipinski definition) is 2. The summed E-state index contributed by atoms with van der Waals surface area (Å²) >= 11 is 0. The normalized spacial score (nSPS) is 14.2. The van der Waals surface area contributed by atoms with Gasteiger partial charge in [-0.05, 0) is 49.2 Å². The molecule has 1 aliphatic rings. The number of carbonyl (C=O) groups is 2. The van der Waals surface area contributed by atoms with Crippen LogP contribution in [0.15, 0.2) is 54.6 Å². The summed E-state index contributed by atoms with van der Waals surface area (Å²) in [6.45, 7) is 3.81. The Hall–Kier alpha value is -2.66. The van der Waals surface area contributed by atoms with Crippen LogP contribution >= 0.6 is 0 Å². The monoisotopic (exact) mass is 351 g/mol. The molecule has 0 bridgehead atoms. The van der Waals surface area contributed by atoms with Gasteiger partial charge in [0, 0.05) is 18.7 Å². The summed E-state index contributed by atoms with van der Waals surface area (Å²) in [7, 11) is 0. The number of rotatable bonds is 7. The maximum absolute atomic E-state index is 11.9. The molecule has 5 heteroatoms. The summed E-state index contributed by atoms with van der Waals surface area (Å²) in [5.74, 6) is -0.442. The Morgan fingerprint density at radius 3 is 2.19 bits per heavy atom. The van der Waals surface area contributed by atoms with Gasteiger partial charge >= 0.3 is 0 Å². The molecule has 0 saturated carbocycles. The molecule has 0 atom stereocenters. The van der Waals surface area contributed by atoms with Gasteiger partial charge < -0.3 is 10.6 Å².